The van der Waals surface area contributed by atoms with E-state index in [9.17, 15) is 0 Å². The van der Waals surface area contributed by atoms with Gasteiger partial charge in [-0.3, -0.25) is 0 Å². The molecule has 0 atom stereocenters. The maximum atomic E-state index is 5.88. The maximum absolute atomic E-state index is 5.88. The number of nitrogen functional groups attached to an aromatic ring is 1. The highest BCUT2D eigenvalue weighted by Crippen LogP contribution is 2.30. The zero-order valence-electron chi connectivity index (χ0n) is 9.92. The third-order valence-electron chi connectivity index (χ3n) is 3.23. The van der Waals surface area contributed by atoms with Gasteiger partial charge in [0.25, 0.3) is 0 Å². The number of H-pyrrole nitrogens is 1. The average molecular weight is 266 g/mol. The topological polar surface area (TPSA) is 67.6 Å². The Balaban J connectivity index is 1.94. The molecule has 0 amide bonds. The molecule has 4 rings (SSSR count). The Labute approximate surface area is 113 Å². The van der Waals surface area contributed by atoms with Gasteiger partial charge < -0.3 is 10.7 Å². The summed E-state index contributed by atoms with van der Waals surface area (Å²) in [5, 5.41) is 2.12. The molecule has 0 radical (unpaired) electrons. The maximum Gasteiger partial charge on any atom is 0.145 e. The number of hydrogen-bond donors (Lipinski definition) is 2. The lowest BCUT2D eigenvalue weighted by molar-refractivity contribution is 1.33. The molecule has 4 nitrogen and oxygen atoms in total. The highest BCUT2D eigenvalue weighted by atomic mass is 32.1. The van der Waals surface area contributed by atoms with Gasteiger partial charge in [0.2, 0.25) is 0 Å². The van der Waals surface area contributed by atoms with Gasteiger partial charge in [-0.25, -0.2) is 4.98 Å². The molecule has 0 bridgehead atoms. The van der Waals surface area contributed by atoms with Gasteiger partial charge in [0.1, 0.15) is 11.5 Å². The molecule has 0 fully saturated rings. The predicted octanol–water partition coefficient (Wildman–Crippen LogP) is 3.42. The monoisotopic (exact) mass is 266 g/mol. The Morgan fingerprint density at radius 3 is 3.00 bits per heavy atom. The SMILES string of the molecule is Nc1nsc2ccc(-c3cnc4[nH]ccc4c3)cc12. The van der Waals surface area contributed by atoms with E-state index < -0.39 is 0 Å². The number of aromatic nitrogens is 3. The fraction of sp³-hybridized carbons (Fsp3) is 0. The number of rotatable bonds is 1. The van der Waals surface area contributed by atoms with Gasteiger partial charge in [0.15, 0.2) is 0 Å². The second-order valence-electron chi connectivity index (χ2n) is 4.42. The van der Waals surface area contributed by atoms with Crippen LogP contribution in [0.4, 0.5) is 5.82 Å². The molecule has 0 aliphatic rings. The van der Waals surface area contributed by atoms with E-state index in [1.165, 1.54) is 11.5 Å². The van der Waals surface area contributed by atoms with E-state index in [0.29, 0.717) is 5.82 Å². The van der Waals surface area contributed by atoms with E-state index >= 15 is 0 Å². The number of nitrogens with one attached hydrogen (secondary N) is 1. The molecule has 1 aromatic carbocycles. The Kier molecular flexibility index (Phi) is 2.10. The first-order chi connectivity index (χ1) is 9.31. The van der Waals surface area contributed by atoms with Crippen LogP contribution in [0.1, 0.15) is 0 Å². The van der Waals surface area contributed by atoms with E-state index in [0.717, 1.165) is 32.2 Å². The number of fused-ring (bicyclic) bond motifs is 2. The van der Waals surface area contributed by atoms with Crippen molar-refractivity contribution in [2.24, 2.45) is 0 Å². The minimum Gasteiger partial charge on any atom is -0.382 e. The van der Waals surface area contributed by atoms with Gasteiger partial charge in [-0.2, -0.15) is 4.37 Å². The van der Waals surface area contributed by atoms with Crippen molar-refractivity contribution in [2.45, 2.75) is 0 Å². The second kappa shape index (κ2) is 3.80. The van der Waals surface area contributed by atoms with Crippen LogP contribution in [0.2, 0.25) is 0 Å². The van der Waals surface area contributed by atoms with E-state index in [1.54, 1.807) is 0 Å². The van der Waals surface area contributed by atoms with Gasteiger partial charge in [-0.15, -0.1) is 0 Å². The number of anilines is 1. The number of nitrogens with zero attached hydrogens (tertiary/aromatic N) is 2. The van der Waals surface area contributed by atoms with Gasteiger partial charge in [0, 0.05) is 28.7 Å². The lowest BCUT2D eigenvalue weighted by Gasteiger charge is -2.02. The molecule has 3 heterocycles. The molecule has 19 heavy (non-hydrogen) atoms. The molecule has 0 aliphatic carbocycles. The number of pyridine rings is 1. The van der Waals surface area contributed by atoms with E-state index in [1.807, 2.05) is 18.5 Å². The van der Waals surface area contributed by atoms with Gasteiger partial charge in [-0.1, -0.05) is 6.07 Å². The van der Waals surface area contributed by atoms with Crippen molar-refractivity contribution >= 4 is 38.5 Å². The molecular formula is C14H10N4S. The average Bonchev–Trinajstić information content (AvgIpc) is 3.05. The first-order valence-electron chi connectivity index (χ1n) is 5.90. The first-order valence-corrected chi connectivity index (χ1v) is 6.67. The first kappa shape index (κ1) is 10.5. The number of hydrogen-bond acceptors (Lipinski definition) is 4. The molecule has 3 N–H and O–H groups in total. The summed E-state index contributed by atoms with van der Waals surface area (Å²) >= 11 is 1.43. The largest absolute Gasteiger partial charge is 0.382 e. The molecule has 0 aliphatic heterocycles. The van der Waals surface area contributed by atoms with Crippen molar-refractivity contribution < 1.29 is 0 Å². The molecule has 0 unspecified atom stereocenters. The summed E-state index contributed by atoms with van der Waals surface area (Å²) in [5.74, 6) is 0.595. The van der Waals surface area contributed by atoms with Crippen LogP contribution in [-0.2, 0) is 0 Å². The summed E-state index contributed by atoms with van der Waals surface area (Å²) in [7, 11) is 0. The quantitative estimate of drug-likeness (QED) is 0.554. The highest BCUT2D eigenvalue weighted by Gasteiger charge is 2.06. The van der Waals surface area contributed by atoms with E-state index in [4.69, 9.17) is 5.73 Å². The Hall–Kier alpha value is -2.40. The van der Waals surface area contributed by atoms with Crippen molar-refractivity contribution in [3.8, 4) is 11.1 Å². The number of nitrogens with two attached hydrogens (primary N) is 1. The fourth-order valence-electron chi connectivity index (χ4n) is 2.23. The van der Waals surface area contributed by atoms with Crippen molar-refractivity contribution in [3.05, 3.63) is 42.7 Å². The van der Waals surface area contributed by atoms with Crippen molar-refractivity contribution in [1.29, 1.82) is 0 Å². The number of aromatic amines is 1. The minimum absolute atomic E-state index is 0.595. The van der Waals surface area contributed by atoms with Crippen LogP contribution in [0.3, 0.4) is 0 Å². The summed E-state index contributed by atoms with van der Waals surface area (Å²) in [5.41, 5.74) is 8.97. The molecule has 5 heteroatoms. The third kappa shape index (κ3) is 1.59. The third-order valence-corrected chi connectivity index (χ3v) is 4.07. The minimum atomic E-state index is 0.595. The molecule has 0 spiro atoms. The summed E-state index contributed by atoms with van der Waals surface area (Å²) in [4.78, 5) is 7.50. The molecule has 0 saturated heterocycles. The van der Waals surface area contributed by atoms with Crippen LogP contribution in [0.25, 0.3) is 32.2 Å². The second-order valence-corrected chi connectivity index (χ2v) is 5.22. The van der Waals surface area contributed by atoms with Crippen LogP contribution < -0.4 is 5.73 Å². The predicted molar refractivity (Wildman–Crippen MR) is 79.1 cm³/mol. The summed E-state index contributed by atoms with van der Waals surface area (Å²) < 4.78 is 5.28. The zero-order chi connectivity index (χ0) is 12.8. The van der Waals surface area contributed by atoms with Crippen molar-refractivity contribution in [3.63, 3.8) is 0 Å². The lowest BCUT2D eigenvalue weighted by atomic mass is 10.1. The van der Waals surface area contributed by atoms with Crippen molar-refractivity contribution in [2.75, 3.05) is 5.73 Å². The normalized spacial score (nSPS) is 11.4. The van der Waals surface area contributed by atoms with Crippen LogP contribution in [0.5, 0.6) is 0 Å². The smallest absolute Gasteiger partial charge is 0.145 e. The van der Waals surface area contributed by atoms with E-state index in [-0.39, 0.29) is 0 Å². The summed E-state index contributed by atoms with van der Waals surface area (Å²) in [6, 6.07) is 10.3. The molecule has 0 saturated carbocycles. The van der Waals surface area contributed by atoms with Crippen LogP contribution >= 0.6 is 11.5 Å². The molecular weight excluding hydrogens is 256 g/mol. The Bertz CT molecular complexity index is 891. The Morgan fingerprint density at radius 1 is 1.11 bits per heavy atom. The zero-order valence-corrected chi connectivity index (χ0v) is 10.7. The van der Waals surface area contributed by atoms with Gasteiger partial charge >= 0.3 is 0 Å². The van der Waals surface area contributed by atoms with E-state index in [2.05, 4.69) is 38.6 Å². The van der Waals surface area contributed by atoms with Gasteiger partial charge in [0.05, 0.1) is 4.70 Å². The highest BCUT2D eigenvalue weighted by molar-refractivity contribution is 7.13. The van der Waals surface area contributed by atoms with Crippen LogP contribution in [0, 0.1) is 0 Å². The summed E-state index contributed by atoms with van der Waals surface area (Å²) in [6.45, 7) is 0. The fourth-order valence-corrected chi connectivity index (χ4v) is 2.92. The number of benzene rings is 1. The van der Waals surface area contributed by atoms with Gasteiger partial charge in [-0.05, 0) is 41.4 Å². The molecule has 4 aromatic rings. The summed E-state index contributed by atoms with van der Waals surface area (Å²) in [6.07, 6.45) is 3.77. The van der Waals surface area contributed by atoms with Crippen molar-refractivity contribution in [1.82, 2.24) is 14.3 Å². The molecule has 3 aromatic heterocycles. The molecule has 92 valence electrons. The lowest BCUT2D eigenvalue weighted by Crippen LogP contribution is -1.85. The van der Waals surface area contributed by atoms with Crippen LogP contribution in [0.15, 0.2) is 42.7 Å². The Morgan fingerprint density at radius 2 is 2.05 bits per heavy atom. The van der Waals surface area contributed by atoms with Crippen LogP contribution in [-0.4, -0.2) is 14.3 Å². The standard InChI is InChI=1S/C14H10N4S/c15-13-11-6-8(1-2-12(11)19-18-13)10-5-9-3-4-16-14(9)17-7-10/h1-7H,(H2,15,18)(H,16,17).